The van der Waals surface area contributed by atoms with Gasteiger partial charge in [-0.1, -0.05) is 35.5 Å². The Hall–Kier alpha value is -2.77. The highest BCUT2D eigenvalue weighted by molar-refractivity contribution is 8.16. The quantitative estimate of drug-likeness (QED) is 0.621. The van der Waals surface area contributed by atoms with Crippen molar-refractivity contribution in [3.05, 3.63) is 92.2 Å². The summed E-state index contributed by atoms with van der Waals surface area (Å²) >= 11 is 7.69. The molecule has 0 saturated heterocycles. The van der Waals surface area contributed by atoms with Crippen molar-refractivity contribution >= 4 is 39.8 Å². The van der Waals surface area contributed by atoms with Crippen molar-refractivity contribution in [3.8, 4) is 0 Å². The van der Waals surface area contributed by atoms with Gasteiger partial charge in [-0.25, -0.2) is 4.99 Å². The maximum atomic E-state index is 10.9. The highest BCUT2D eigenvalue weighted by Gasteiger charge is 2.34. The highest BCUT2D eigenvalue weighted by Crippen LogP contribution is 2.44. The molecular formula is C18H13ClN4O2S. The average molecular weight is 385 g/mol. The van der Waals surface area contributed by atoms with E-state index in [0.29, 0.717) is 10.8 Å². The molecule has 6 nitrogen and oxygen atoms in total. The van der Waals surface area contributed by atoms with Crippen LogP contribution >= 0.6 is 23.4 Å². The van der Waals surface area contributed by atoms with Crippen LogP contribution in [-0.4, -0.2) is 15.0 Å². The Bertz CT molecular complexity index is 985. The van der Waals surface area contributed by atoms with Crippen LogP contribution in [0.4, 0.5) is 5.69 Å². The first-order chi connectivity index (χ1) is 12.5. The summed E-state index contributed by atoms with van der Waals surface area (Å²) in [6.07, 6.45) is 1.95. The zero-order valence-corrected chi connectivity index (χ0v) is 14.9. The number of rotatable bonds is 3. The summed E-state index contributed by atoms with van der Waals surface area (Å²) in [5.41, 5.74) is 8.86. The predicted octanol–water partition coefficient (Wildman–Crippen LogP) is 4.51. The van der Waals surface area contributed by atoms with E-state index in [4.69, 9.17) is 17.3 Å². The molecule has 2 N–H and O–H groups in total. The molecule has 1 atom stereocenters. The lowest BCUT2D eigenvalue weighted by Crippen LogP contribution is -2.32. The number of amidine groups is 1. The van der Waals surface area contributed by atoms with E-state index in [0.717, 1.165) is 21.9 Å². The molecule has 0 amide bonds. The minimum absolute atomic E-state index is 0.0313. The number of nitrogens with zero attached hydrogens (tertiary/aromatic N) is 3. The molecule has 0 spiro atoms. The fourth-order valence-electron chi connectivity index (χ4n) is 3.08. The summed E-state index contributed by atoms with van der Waals surface area (Å²) in [6, 6.07) is 13.7. The topological polar surface area (TPSA) is 84.8 Å². The van der Waals surface area contributed by atoms with Crippen molar-refractivity contribution in [1.82, 2.24) is 4.90 Å². The van der Waals surface area contributed by atoms with E-state index in [1.165, 1.54) is 23.9 Å². The normalized spacial score (nSPS) is 18.7. The number of hydrogen-bond acceptors (Lipinski definition) is 6. The van der Waals surface area contributed by atoms with E-state index in [2.05, 4.69) is 4.99 Å². The fraction of sp³-hybridized carbons (Fsp3) is 0.0556. The van der Waals surface area contributed by atoms with Crippen LogP contribution in [0.25, 0.3) is 5.57 Å². The Morgan fingerprint density at radius 1 is 1.23 bits per heavy atom. The van der Waals surface area contributed by atoms with E-state index in [1.807, 2.05) is 40.8 Å². The number of aliphatic imine (C=N–C) groups is 1. The molecule has 0 aromatic heterocycles. The van der Waals surface area contributed by atoms with Gasteiger partial charge in [0.15, 0.2) is 5.17 Å². The molecule has 1 unspecified atom stereocenters. The summed E-state index contributed by atoms with van der Waals surface area (Å²) in [4.78, 5) is 17.0. The smallest absolute Gasteiger partial charge is 0.269 e. The minimum Gasteiger partial charge on any atom is -0.383 e. The second kappa shape index (κ2) is 6.51. The van der Waals surface area contributed by atoms with Crippen LogP contribution in [-0.2, 0) is 0 Å². The summed E-state index contributed by atoms with van der Waals surface area (Å²) in [6.45, 7) is 0. The zero-order valence-electron chi connectivity index (χ0n) is 13.4. The number of thioether (sulfide) groups is 1. The molecule has 0 bridgehead atoms. The van der Waals surface area contributed by atoms with E-state index in [-0.39, 0.29) is 11.7 Å². The molecule has 2 heterocycles. The SMILES string of the molecule is NC1=C(c2ccc([N+](=O)[O-])cc2)C(c2cccc(Cl)c2)N2C=CSC2=N1. The third-order valence-corrected chi connectivity index (χ3v) is 5.22. The van der Waals surface area contributed by atoms with Gasteiger partial charge in [0.1, 0.15) is 5.82 Å². The fourth-order valence-corrected chi connectivity index (χ4v) is 4.03. The number of halogens is 1. The molecule has 4 rings (SSSR count). The van der Waals surface area contributed by atoms with Crippen molar-refractivity contribution in [3.63, 3.8) is 0 Å². The standard InChI is InChI=1S/C18H13ClN4O2S/c19-13-3-1-2-12(10-13)16-15(11-4-6-14(7-5-11)23(24)25)17(20)21-18-22(16)8-9-26-18/h1-10,16H,20H2. The monoisotopic (exact) mass is 384 g/mol. The van der Waals surface area contributed by atoms with E-state index in [9.17, 15) is 10.1 Å². The molecule has 0 fully saturated rings. The van der Waals surface area contributed by atoms with E-state index >= 15 is 0 Å². The van der Waals surface area contributed by atoms with Crippen LogP contribution in [0.15, 0.2) is 71.0 Å². The molecule has 0 aliphatic carbocycles. The van der Waals surface area contributed by atoms with Gasteiger partial charge in [-0.15, -0.1) is 0 Å². The van der Waals surface area contributed by atoms with Gasteiger partial charge in [0.2, 0.25) is 0 Å². The molecule has 2 aromatic carbocycles. The number of fused-ring (bicyclic) bond motifs is 1. The van der Waals surface area contributed by atoms with Crippen LogP contribution in [0.1, 0.15) is 17.2 Å². The Morgan fingerprint density at radius 2 is 2.00 bits per heavy atom. The van der Waals surface area contributed by atoms with Gasteiger partial charge >= 0.3 is 0 Å². The minimum atomic E-state index is -0.424. The Labute approximate surface area is 158 Å². The number of hydrogen-bond donors (Lipinski definition) is 1. The van der Waals surface area contributed by atoms with Crippen LogP contribution < -0.4 is 5.73 Å². The van der Waals surface area contributed by atoms with Crippen molar-refractivity contribution < 1.29 is 4.92 Å². The third kappa shape index (κ3) is 2.85. The van der Waals surface area contributed by atoms with Crippen LogP contribution in [0.5, 0.6) is 0 Å². The van der Waals surface area contributed by atoms with Crippen LogP contribution in [0.2, 0.25) is 5.02 Å². The van der Waals surface area contributed by atoms with Gasteiger partial charge in [0.05, 0.1) is 11.0 Å². The summed E-state index contributed by atoms with van der Waals surface area (Å²) in [7, 11) is 0. The molecular weight excluding hydrogens is 372 g/mol. The lowest BCUT2D eigenvalue weighted by molar-refractivity contribution is -0.384. The van der Waals surface area contributed by atoms with Gasteiger partial charge in [0, 0.05) is 28.9 Å². The van der Waals surface area contributed by atoms with Gasteiger partial charge < -0.3 is 10.6 Å². The van der Waals surface area contributed by atoms with Crippen LogP contribution in [0.3, 0.4) is 0 Å². The van der Waals surface area contributed by atoms with Crippen molar-refractivity contribution in [2.24, 2.45) is 10.7 Å². The number of non-ortho nitro benzene ring substituents is 1. The largest absolute Gasteiger partial charge is 0.383 e. The average Bonchev–Trinajstić information content (AvgIpc) is 3.08. The summed E-state index contributed by atoms with van der Waals surface area (Å²) in [5, 5.41) is 14.3. The molecule has 0 radical (unpaired) electrons. The summed E-state index contributed by atoms with van der Waals surface area (Å²) < 4.78 is 0. The first kappa shape index (κ1) is 16.7. The zero-order chi connectivity index (χ0) is 18.3. The van der Waals surface area contributed by atoms with Gasteiger partial charge in [-0.2, -0.15) is 0 Å². The number of nitrogens with two attached hydrogens (primary N) is 1. The molecule has 130 valence electrons. The number of nitro benzene ring substituents is 1. The maximum absolute atomic E-state index is 10.9. The van der Waals surface area contributed by atoms with Gasteiger partial charge in [-0.3, -0.25) is 10.1 Å². The van der Waals surface area contributed by atoms with Gasteiger partial charge in [-0.05, 0) is 40.8 Å². The van der Waals surface area contributed by atoms with E-state index < -0.39 is 4.92 Å². The number of benzene rings is 2. The van der Waals surface area contributed by atoms with Crippen molar-refractivity contribution in [2.75, 3.05) is 0 Å². The van der Waals surface area contributed by atoms with Crippen LogP contribution in [0, 0.1) is 10.1 Å². The highest BCUT2D eigenvalue weighted by atomic mass is 35.5. The Kier molecular flexibility index (Phi) is 4.18. The second-order valence-corrected chi connectivity index (χ2v) is 7.07. The lowest BCUT2D eigenvalue weighted by Gasteiger charge is -2.34. The Morgan fingerprint density at radius 3 is 2.69 bits per heavy atom. The van der Waals surface area contributed by atoms with Crippen molar-refractivity contribution in [2.45, 2.75) is 6.04 Å². The maximum Gasteiger partial charge on any atom is 0.269 e. The number of nitro groups is 1. The van der Waals surface area contributed by atoms with Gasteiger partial charge in [0.25, 0.3) is 5.69 Å². The second-order valence-electron chi connectivity index (χ2n) is 5.77. The molecule has 2 aromatic rings. The molecule has 26 heavy (non-hydrogen) atoms. The first-order valence-corrected chi connectivity index (χ1v) is 9.00. The third-order valence-electron chi connectivity index (χ3n) is 4.21. The summed E-state index contributed by atoms with van der Waals surface area (Å²) in [5.74, 6) is 0.395. The van der Waals surface area contributed by atoms with E-state index in [1.54, 1.807) is 12.1 Å². The van der Waals surface area contributed by atoms with Crippen molar-refractivity contribution in [1.29, 1.82) is 0 Å². The predicted molar refractivity (Wildman–Crippen MR) is 104 cm³/mol. The Balaban J connectivity index is 1.87. The molecule has 2 aliphatic heterocycles. The molecule has 8 heteroatoms. The lowest BCUT2D eigenvalue weighted by atomic mass is 9.91. The molecule has 2 aliphatic rings. The first-order valence-electron chi connectivity index (χ1n) is 7.75. The molecule has 0 saturated carbocycles.